The second-order valence-corrected chi connectivity index (χ2v) is 6.90. The van der Waals surface area contributed by atoms with Crippen LogP contribution in [-0.2, 0) is 24.9 Å². The first-order chi connectivity index (χ1) is 14.1. The zero-order valence-electron chi connectivity index (χ0n) is 17.2. The van der Waals surface area contributed by atoms with E-state index >= 15 is 0 Å². The fourth-order valence-electron chi connectivity index (χ4n) is 2.99. The molecule has 6 heteroatoms. The number of aromatic nitrogens is 2. The molecule has 0 N–H and O–H groups in total. The maximum Gasteiger partial charge on any atom is 0.410 e. The quantitative estimate of drug-likeness (QED) is 0.559. The van der Waals surface area contributed by atoms with Crippen LogP contribution in [0.15, 0.2) is 60.8 Å². The van der Waals surface area contributed by atoms with Crippen molar-refractivity contribution in [2.75, 3.05) is 13.7 Å². The number of carbonyl (C=O) groups is 1. The maximum absolute atomic E-state index is 12.4. The molecule has 0 radical (unpaired) electrons. The molecular weight excluding hydrogens is 366 g/mol. The Morgan fingerprint density at radius 1 is 1.10 bits per heavy atom. The molecule has 0 saturated carbocycles. The zero-order valence-corrected chi connectivity index (χ0v) is 17.2. The standard InChI is InChI=1S/C23H27N3O3/c1-4-14-28-20-12-10-19(11-13-20)21-15-24-26(3)22(21)17-29-23(27)25(2)16-18-8-6-5-7-9-18/h5-13,15H,4,14,16-17H2,1-3H3. The molecule has 0 fully saturated rings. The lowest BCUT2D eigenvalue weighted by Crippen LogP contribution is -2.27. The third-order valence-corrected chi connectivity index (χ3v) is 4.61. The SMILES string of the molecule is CCCOc1ccc(-c2cnn(C)c2COC(=O)N(C)Cc2ccccc2)cc1. The van der Waals surface area contributed by atoms with Crippen molar-refractivity contribution in [2.45, 2.75) is 26.5 Å². The Labute approximate surface area is 171 Å². The summed E-state index contributed by atoms with van der Waals surface area (Å²) in [4.78, 5) is 14.0. The van der Waals surface area contributed by atoms with E-state index in [1.54, 1.807) is 22.8 Å². The normalized spacial score (nSPS) is 10.6. The van der Waals surface area contributed by atoms with Crippen LogP contribution >= 0.6 is 0 Å². The minimum Gasteiger partial charge on any atom is -0.494 e. The largest absolute Gasteiger partial charge is 0.494 e. The van der Waals surface area contributed by atoms with Crippen molar-refractivity contribution in [1.82, 2.24) is 14.7 Å². The Balaban J connectivity index is 1.64. The number of rotatable bonds is 8. The van der Waals surface area contributed by atoms with Crippen LogP contribution in [0.1, 0.15) is 24.6 Å². The average Bonchev–Trinajstić information content (AvgIpc) is 3.11. The second kappa shape index (κ2) is 9.78. The first-order valence-electron chi connectivity index (χ1n) is 9.74. The van der Waals surface area contributed by atoms with Gasteiger partial charge in [-0.2, -0.15) is 5.10 Å². The maximum atomic E-state index is 12.4. The summed E-state index contributed by atoms with van der Waals surface area (Å²) in [5.74, 6) is 0.843. The summed E-state index contributed by atoms with van der Waals surface area (Å²) in [5.41, 5.74) is 3.84. The van der Waals surface area contributed by atoms with Crippen LogP contribution in [0.25, 0.3) is 11.1 Å². The van der Waals surface area contributed by atoms with Gasteiger partial charge in [-0.15, -0.1) is 0 Å². The van der Waals surface area contributed by atoms with Crippen LogP contribution in [0.4, 0.5) is 4.79 Å². The summed E-state index contributed by atoms with van der Waals surface area (Å²) >= 11 is 0. The summed E-state index contributed by atoms with van der Waals surface area (Å²) in [5, 5.41) is 4.34. The molecule has 3 aromatic rings. The summed E-state index contributed by atoms with van der Waals surface area (Å²) < 4.78 is 12.9. The monoisotopic (exact) mass is 393 g/mol. The van der Waals surface area contributed by atoms with E-state index in [1.165, 1.54) is 0 Å². The summed E-state index contributed by atoms with van der Waals surface area (Å²) in [6, 6.07) is 17.7. The molecule has 0 aliphatic carbocycles. The molecular formula is C23H27N3O3. The fourth-order valence-corrected chi connectivity index (χ4v) is 2.99. The minimum atomic E-state index is -0.371. The number of hydrogen-bond acceptors (Lipinski definition) is 4. The van der Waals surface area contributed by atoms with Gasteiger partial charge in [0.15, 0.2) is 0 Å². The van der Waals surface area contributed by atoms with Gasteiger partial charge in [0.25, 0.3) is 0 Å². The lowest BCUT2D eigenvalue weighted by molar-refractivity contribution is 0.101. The van der Waals surface area contributed by atoms with Gasteiger partial charge in [-0.05, 0) is 29.7 Å². The van der Waals surface area contributed by atoms with Crippen molar-refractivity contribution in [3.8, 4) is 16.9 Å². The van der Waals surface area contributed by atoms with Gasteiger partial charge < -0.3 is 14.4 Å². The molecule has 1 heterocycles. The Hall–Kier alpha value is -3.28. The number of aryl methyl sites for hydroxylation is 1. The van der Waals surface area contributed by atoms with Gasteiger partial charge in [-0.1, -0.05) is 49.4 Å². The van der Waals surface area contributed by atoms with E-state index in [1.807, 2.05) is 61.6 Å². The molecule has 0 bridgehead atoms. The van der Waals surface area contributed by atoms with E-state index in [0.29, 0.717) is 13.2 Å². The van der Waals surface area contributed by atoms with Crippen molar-refractivity contribution in [1.29, 1.82) is 0 Å². The summed E-state index contributed by atoms with van der Waals surface area (Å²) in [7, 11) is 3.58. The predicted molar refractivity (Wildman–Crippen MR) is 113 cm³/mol. The van der Waals surface area contributed by atoms with Crippen LogP contribution in [0.3, 0.4) is 0 Å². The van der Waals surface area contributed by atoms with E-state index in [4.69, 9.17) is 9.47 Å². The van der Waals surface area contributed by atoms with Crippen molar-refractivity contribution < 1.29 is 14.3 Å². The number of benzene rings is 2. The molecule has 0 aliphatic heterocycles. The van der Waals surface area contributed by atoms with E-state index < -0.39 is 0 Å². The topological polar surface area (TPSA) is 56.6 Å². The number of carbonyl (C=O) groups excluding carboxylic acids is 1. The molecule has 0 aliphatic rings. The molecule has 1 amide bonds. The third kappa shape index (κ3) is 5.38. The Morgan fingerprint density at radius 3 is 2.52 bits per heavy atom. The highest BCUT2D eigenvalue weighted by Crippen LogP contribution is 2.26. The Kier molecular flexibility index (Phi) is 6.89. The smallest absolute Gasteiger partial charge is 0.410 e. The highest BCUT2D eigenvalue weighted by atomic mass is 16.6. The van der Waals surface area contributed by atoms with Crippen LogP contribution in [0.5, 0.6) is 5.75 Å². The lowest BCUT2D eigenvalue weighted by atomic mass is 10.1. The zero-order chi connectivity index (χ0) is 20.6. The average molecular weight is 393 g/mol. The number of nitrogens with zero attached hydrogens (tertiary/aromatic N) is 3. The number of ether oxygens (including phenoxy) is 2. The summed E-state index contributed by atoms with van der Waals surface area (Å²) in [6.45, 7) is 3.42. The van der Waals surface area contributed by atoms with E-state index in [2.05, 4.69) is 12.0 Å². The molecule has 0 saturated heterocycles. The molecule has 1 aromatic heterocycles. The first-order valence-corrected chi connectivity index (χ1v) is 9.74. The van der Waals surface area contributed by atoms with Gasteiger partial charge >= 0.3 is 6.09 Å². The van der Waals surface area contributed by atoms with Crippen molar-refractivity contribution in [3.05, 3.63) is 72.1 Å². The van der Waals surface area contributed by atoms with Crippen molar-refractivity contribution >= 4 is 6.09 Å². The van der Waals surface area contributed by atoms with E-state index in [-0.39, 0.29) is 12.7 Å². The van der Waals surface area contributed by atoms with Crippen LogP contribution < -0.4 is 4.74 Å². The molecule has 152 valence electrons. The predicted octanol–water partition coefficient (Wildman–Crippen LogP) is 4.64. The number of amides is 1. The fraction of sp³-hybridized carbons (Fsp3) is 0.304. The van der Waals surface area contributed by atoms with Crippen LogP contribution in [-0.4, -0.2) is 34.4 Å². The van der Waals surface area contributed by atoms with Gasteiger partial charge in [0.05, 0.1) is 18.5 Å². The highest BCUT2D eigenvalue weighted by molar-refractivity contribution is 5.69. The van der Waals surface area contributed by atoms with E-state index in [0.717, 1.165) is 34.6 Å². The van der Waals surface area contributed by atoms with Gasteiger partial charge in [-0.25, -0.2) is 4.79 Å². The van der Waals surface area contributed by atoms with Crippen molar-refractivity contribution in [3.63, 3.8) is 0 Å². The molecule has 0 spiro atoms. The molecule has 0 unspecified atom stereocenters. The lowest BCUT2D eigenvalue weighted by Gasteiger charge is -2.17. The van der Waals surface area contributed by atoms with Crippen molar-refractivity contribution in [2.24, 2.45) is 7.05 Å². The van der Waals surface area contributed by atoms with E-state index in [9.17, 15) is 4.79 Å². The molecule has 0 atom stereocenters. The number of hydrogen-bond donors (Lipinski definition) is 0. The Bertz CT molecular complexity index is 920. The first kappa shape index (κ1) is 20.5. The Morgan fingerprint density at radius 2 is 1.83 bits per heavy atom. The van der Waals surface area contributed by atoms with Gasteiger partial charge in [0.1, 0.15) is 12.4 Å². The van der Waals surface area contributed by atoms with Crippen LogP contribution in [0, 0.1) is 0 Å². The second-order valence-electron chi connectivity index (χ2n) is 6.90. The highest BCUT2D eigenvalue weighted by Gasteiger charge is 2.16. The molecule has 6 nitrogen and oxygen atoms in total. The van der Waals surface area contributed by atoms with Gasteiger partial charge in [0.2, 0.25) is 0 Å². The molecule has 2 aromatic carbocycles. The third-order valence-electron chi connectivity index (χ3n) is 4.61. The molecule has 29 heavy (non-hydrogen) atoms. The summed E-state index contributed by atoms with van der Waals surface area (Å²) in [6.07, 6.45) is 2.39. The van der Waals surface area contributed by atoms with Gasteiger partial charge in [0, 0.05) is 26.2 Å². The molecule has 3 rings (SSSR count). The minimum absolute atomic E-state index is 0.151. The van der Waals surface area contributed by atoms with Gasteiger partial charge in [-0.3, -0.25) is 4.68 Å². The van der Waals surface area contributed by atoms with Crippen LogP contribution in [0.2, 0.25) is 0 Å².